The van der Waals surface area contributed by atoms with Gasteiger partial charge in [0.15, 0.2) is 0 Å². The summed E-state index contributed by atoms with van der Waals surface area (Å²) in [5, 5.41) is 3.36. The molecule has 0 spiro atoms. The van der Waals surface area contributed by atoms with Gasteiger partial charge < -0.3 is 14.8 Å². The van der Waals surface area contributed by atoms with E-state index in [1.165, 1.54) is 0 Å². The molecule has 0 fully saturated rings. The van der Waals surface area contributed by atoms with Crippen molar-refractivity contribution in [1.82, 2.24) is 14.5 Å². The summed E-state index contributed by atoms with van der Waals surface area (Å²) in [6.45, 7) is 2.75. The van der Waals surface area contributed by atoms with E-state index in [4.69, 9.17) is 0 Å². The van der Waals surface area contributed by atoms with E-state index < -0.39 is 0 Å². The van der Waals surface area contributed by atoms with Crippen LogP contribution < -0.4 is 10.2 Å². The van der Waals surface area contributed by atoms with Crippen LogP contribution in [0.15, 0.2) is 23.1 Å². The molecule has 2 heterocycles. The van der Waals surface area contributed by atoms with Crippen LogP contribution >= 0.6 is 15.9 Å². The zero-order chi connectivity index (χ0) is 14.0. The molecule has 0 bridgehead atoms. The fourth-order valence-electron chi connectivity index (χ4n) is 1.86. The molecule has 6 heteroatoms. The maximum atomic E-state index is 4.38. The zero-order valence-corrected chi connectivity index (χ0v) is 13.2. The number of hydrogen-bond donors (Lipinski definition) is 1. The molecule has 1 N–H and O–H groups in total. The Kier molecular flexibility index (Phi) is 4.09. The van der Waals surface area contributed by atoms with Gasteiger partial charge in [0.25, 0.3) is 0 Å². The van der Waals surface area contributed by atoms with E-state index in [-0.39, 0.29) is 0 Å². The Labute approximate surface area is 121 Å². The highest BCUT2D eigenvalue weighted by Crippen LogP contribution is 2.18. The van der Waals surface area contributed by atoms with Crippen LogP contribution in [0.2, 0.25) is 0 Å². The minimum Gasteiger partial charge on any atom is -0.378 e. The molecule has 0 aromatic carbocycles. The molecule has 0 atom stereocenters. The summed E-state index contributed by atoms with van der Waals surface area (Å²) in [5.74, 6) is 0.946. The summed E-state index contributed by atoms with van der Waals surface area (Å²) in [7, 11) is 5.99. The summed E-state index contributed by atoms with van der Waals surface area (Å²) in [5.41, 5.74) is 3.25. The van der Waals surface area contributed by atoms with Crippen molar-refractivity contribution in [3.05, 3.63) is 34.3 Å². The van der Waals surface area contributed by atoms with Crippen molar-refractivity contribution in [3.8, 4) is 0 Å². The first-order valence-corrected chi connectivity index (χ1v) is 6.82. The first kappa shape index (κ1) is 13.9. The highest BCUT2D eigenvalue weighted by atomic mass is 79.9. The van der Waals surface area contributed by atoms with Crippen LogP contribution in [-0.4, -0.2) is 28.6 Å². The van der Waals surface area contributed by atoms with E-state index in [1.54, 1.807) is 0 Å². The van der Waals surface area contributed by atoms with Gasteiger partial charge in [-0.3, -0.25) is 0 Å². The lowest BCUT2D eigenvalue weighted by Gasteiger charge is -2.13. The van der Waals surface area contributed by atoms with Crippen molar-refractivity contribution in [3.63, 3.8) is 0 Å². The molecule has 2 aromatic rings. The molecule has 0 amide bonds. The molecule has 0 saturated heterocycles. The van der Waals surface area contributed by atoms with E-state index >= 15 is 0 Å². The molecular weight excluding hydrogens is 306 g/mol. The molecule has 2 rings (SSSR count). The Morgan fingerprint density at radius 3 is 2.63 bits per heavy atom. The van der Waals surface area contributed by atoms with Crippen molar-refractivity contribution in [1.29, 1.82) is 0 Å². The molecule has 5 nitrogen and oxygen atoms in total. The number of aromatic nitrogens is 3. The third kappa shape index (κ3) is 3.07. The lowest BCUT2D eigenvalue weighted by Crippen LogP contribution is -2.15. The van der Waals surface area contributed by atoms with Crippen LogP contribution in [0.5, 0.6) is 0 Å². The Morgan fingerprint density at radius 1 is 1.32 bits per heavy atom. The van der Waals surface area contributed by atoms with Gasteiger partial charge in [-0.1, -0.05) is 0 Å². The number of hydrogen-bond acceptors (Lipinski definition) is 4. The Morgan fingerprint density at radius 2 is 2.05 bits per heavy atom. The molecule has 0 aliphatic heterocycles. The highest BCUT2D eigenvalue weighted by molar-refractivity contribution is 9.10. The Bertz CT molecular complexity index is 576. The number of nitrogens with one attached hydrogen (secondary N) is 1. The molecule has 0 aliphatic carbocycles. The average molecular weight is 324 g/mol. The van der Waals surface area contributed by atoms with Gasteiger partial charge in [-0.2, -0.15) is 0 Å². The SMILES string of the molecule is Cc1cc(NCc2cnc(N(C)C)n2C)cnc1Br. The molecule has 0 unspecified atom stereocenters. The maximum absolute atomic E-state index is 4.38. The Hall–Kier alpha value is -1.56. The second-order valence-electron chi connectivity index (χ2n) is 4.69. The first-order valence-electron chi connectivity index (χ1n) is 6.03. The summed E-state index contributed by atoms with van der Waals surface area (Å²) in [6.07, 6.45) is 3.71. The third-order valence-corrected chi connectivity index (χ3v) is 3.78. The third-order valence-electron chi connectivity index (χ3n) is 2.95. The second-order valence-corrected chi connectivity index (χ2v) is 5.44. The molecule has 0 aliphatic rings. The van der Waals surface area contributed by atoms with Gasteiger partial charge in [0.2, 0.25) is 5.95 Å². The van der Waals surface area contributed by atoms with Crippen molar-refractivity contribution in [2.24, 2.45) is 7.05 Å². The summed E-state index contributed by atoms with van der Waals surface area (Å²) in [4.78, 5) is 10.7. The van der Waals surface area contributed by atoms with E-state index in [2.05, 4.69) is 41.8 Å². The number of pyridine rings is 1. The number of nitrogens with zero attached hydrogens (tertiary/aromatic N) is 4. The fourth-order valence-corrected chi connectivity index (χ4v) is 2.08. The lowest BCUT2D eigenvalue weighted by molar-refractivity contribution is 0.813. The number of rotatable bonds is 4. The van der Waals surface area contributed by atoms with E-state index in [0.29, 0.717) is 0 Å². The minimum atomic E-state index is 0.722. The van der Waals surface area contributed by atoms with Crippen LogP contribution in [0.3, 0.4) is 0 Å². The summed E-state index contributed by atoms with van der Waals surface area (Å²) < 4.78 is 2.96. The van der Waals surface area contributed by atoms with Crippen molar-refractivity contribution >= 4 is 27.6 Å². The Balaban J connectivity index is 2.08. The van der Waals surface area contributed by atoms with E-state index in [1.807, 2.05) is 45.4 Å². The number of imidazole rings is 1. The van der Waals surface area contributed by atoms with Gasteiger partial charge in [-0.15, -0.1) is 0 Å². The van der Waals surface area contributed by atoms with Crippen molar-refractivity contribution < 1.29 is 0 Å². The quantitative estimate of drug-likeness (QED) is 0.878. The minimum absolute atomic E-state index is 0.722. The van der Waals surface area contributed by atoms with Crippen LogP contribution in [0, 0.1) is 6.92 Å². The van der Waals surface area contributed by atoms with Crippen LogP contribution in [-0.2, 0) is 13.6 Å². The lowest BCUT2D eigenvalue weighted by atomic mass is 10.3. The number of halogens is 1. The van der Waals surface area contributed by atoms with E-state index in [9.17, 15) is 0 Å². The standard InChI is InChI=1S/C13H18BrN5/c1-9-5-10(6-16-12(9)14)15-7-11-8-17-13(18(2)3)19(11)4/h5-6,8,15H,7H2,1-4H3. The van der Waals surface area contributed by atoms with Gasteiger partial charge >= 0.3 is 0 Å². The topological polar surface area (TPSA) is 46.0 Å². The molecule has 0 saturated carbocycles. The van der Waals surface area contributed by atoms with Gasteiger partial charge in [0.1, 0.15) is 4.60 Å². The average Bonchev–Trinajstić information content (AvgIpc) is 2.72. The predicted octanol–water partition coefficient (Wildman–Crippen LogP) is 2.56. The van der Waals surface area contributed by atoms with Gasteiger partial charge in [-0.25, -0.2) is 9.97 Å². The van der Waals surface area contributed by atoms with Gasteiger partial charge in [0.05, 0.1) is 30.3 Å². The molecule has 102 valence electrons. The first-order chi connectivity index (χ1) is 8.99. The van der Waals surface area contributed by atoms with Crippen LogP contribution in [0.25, 0.3) is 0 Å². The van der Waals surface area contributed by atoms with Gasteiger partial charge in [0, 0.05) is 21.1 Å². The van der Waals surface area contributed by atoms with E-state index in [0.717, 1.165) is 34.0 Å². The number of anilines is 2. The molecule has 0 radical (unpaired) electrons. The predicted molar refractivity (Wildman–Crippen MR) is 81.5 cm³/mol. The molecular formula is C13H18BrN5. The second kappa shape index (κ2) is 5.61. The van der Waals surface area contributed by atoms with Crippen LogP contribution in [0.4, 0.5) is 11.6 Å². The van der Waals surface area contributed by atoms with Crippen molar-refractivity contribution in [2.45, 2.75) is 13.5 Å². The fraction of sp³-hybridized carbons (Fsp3) is 0.385. The zero-order valence-electron chi connectivity index (χ0n) is 11.6. The summed E-state index contributed by atoms with van der Waals surface area (Å²) >= 11 is 3.40. The molecule has 19 heavy (non-hydrogen) atoms. The smallest absolute Gasteiger partial charge is 0.204 e. The summed E-state index contributed by atoms with van der Waals surface area (Å²) in [6, 6.07) is 2.07. The van der Waals surface area contributed by atoms with Crippen molar-refractivity contribution in [2.75, 3.05) is 24.3 Å². The monoisotopic (exact) mass is 323 g/mol. The largest absolute Gasteiger partial charge is 0.378 e. The number of aryl methyl sites for hydroxylation is 1. The maximum Gasteiger partial charge on any atom is 0.204 e. The highest BCUT2D eigenvalue weighted by Gasteiger charge is 2.07. The normalized spacial score (nSPS) is 10.6. The van der Waals surface area contributed by atoms with Gasteiger partial charge in [-0.05, 0) is 34.5 Å². The van der Waals surface area contributed by atoms with Crippen LogP contribution in [0.1, 0.15) is 11.3 Å². The molecule has 2 aromatic heterocycles.